The van der Waals surface area contributed by atoms with Crippen LogP contribution in [0, 0.1) is 10.1 Å². The third-order valence-corrected chi connectivity index (χ3v) is 4.48. The minimum Gasteiger partial charge on any atom is -0.758 e. The summed E-state index contributed by atoms with van der Waals surface area (Å²) >= 11 is 6.58. The highest BCUT2D eigenvalue weighted by atomic mass is 79.9. The molecule has 0 unspecified atom stereocenters. The highest BCUT2D eigenvalue weighted by molar-refractivity contribution is 9.09. The van der Waals surface area contributed by atoms with Crippen molar-refractivity contribution in [1.82, 2.24) is 5.06 Å². The van der Waals surface area contributed by atoms with Gasteiger partial charge in [0.2, 0.25) is 6.04 Å². The van der Waals surface area contributed by atoms with Crippen molar-refractivity contribution in [2.75, 3.05) is 10.7 Å². The van der Waals surface area contributed by atoms with Crippen LogP contribution in [-0.2, 0) is 0 Å². The van der Waals surface area contributed by atoms with E-state index in [1.165, 1.54) is 0 Å². The van der Waals surface area contributed by atoms with E-state index in [0.717, 1.165) is 35.5 Å². The highest BCUT2D eigenvalue weighted by Gasteiger charge is 2.45. The van der Waals surface area contributed by atoms with Crippen LogP contribution >= 0.6 is 31.9 Å². The molecule has 0 aromatic heterocycles. The maximum atomic E-state index is 12.1. The number of halogens is 2. The minimum atomic E-state index is -0.151. The first-order chi connectivity index (χ1) is 7.70. The van der Waals surface area contributed by atoms with Crippen LogP contribution in [0.5, 0.6) is 0 Å². The number of nitrogens with zero attached hydrogens (tertiary/aromatic N) is 2. The average Bonchev–Trinajstić information content (AvgIpc) is 2.33. The number of hydrogen-bond acceptors (Lipinski definition) is 3. The molecular formula is C10H14Br2N2O2. The average molecular weight is 354 g/mol. The molecule has 0 N–H and O–H groups in total. The summed E-state index contributed by atoms with van der Waals surface area (Å²) in [6.45, 7) is 0. The normalized spacial score (nSPS) is 30.7. The number of nitroso groups, excluding NO2 is 1. The second-order valence-electron chi connectivity index (χ2n) is 4.23. The first-order valence-electron chi connectivity index (χ1n) is 5.47. The van der Waals surface area contributed by atoms with E-state index in [1.54, 1.807) is 0 Å². The monoisotopic (exact) mass is 352 g/mol. The molecule has 2 aliphatic rings. The van der Waals surface area contributed by atoms with Gasteiger partial charge in [-0.15, -0.1) is 0 Å². The second kappa shape index (κ2) is 5.14. The molecule has 0 radical (unpaired) electrons. The maximum absolute atomic E-state index is 12.1. The molecule has 4 nitrogen and oxygen atoms in total. The van der Waals surface area contributed by atoms with Gasteiger partial charge in [0, 0.05) is 21.4 Å². The molecule has 2 atom stereocenters. The Morgan fingerprint density at radius 2 is 2.00 bits per heavy atom. The predicted octanol–water partition coefficient (Wildman–Crippen LogP) is 2.89. The molecule has 1 aliphatic carbocycles. The zero-order valence-corrected chi connectivity index (χ0v) is 12.0. The van der Waals surface area contributed by atoms with Gasteiger partial charge in [-0.3, -0.25) is 0 Å². The van der Waals surface area contributed by atoms with Gasteiger partial charge < -0.3 is 10.3 Å². The second-order valence-corrected chi connectivity index (χ2v) is 5.35. The molecule has 6 heteroatoms. The van der Waals surface area contributed by atoms with Crippen molar-refractivity contribution in [3.05, 3.63) is 21.5 Å². The van der Waals surface area contributed by atoms with E-state index in [4.69, 9.17) is 0 Å². The van der Waals surface area contributed by atoms with Gasteiger partial charge in [0.05, 0.1) is 17.1 Å². The van der Waals surface area contributed by atoms with Gasteiger partial charge >= 0.3 is 0 Å². The Morgan fingerprint density at radius 3 is 2.62 bits per heavy atom. The Labute approximate surface area is 111 Å². The lowest BCUT2D eigenvalue weighted by Gasteiger charge is -2.45. The van der Waals surface area contributed by atoms with Gasteiger partial charge in [-0.2, -0.15) is 0 Å². The van der Waals surface area contributed by atoms with Gasteiger partial charge in [0.15, 0.2) is 0 Å². The number of hydroxylamine groups is 2. The van der Waals surface area contributed by atoms with E-state index >= 15 is 0 Å². The van der Waals surface area contributed by atoms with Gasteiger partial charge in [-0.05, 0) is 12.8 Å². The molecule has 1 heterocycles. The third kappa shape index (κ3) is 1.95. The maximum Gasteiger partial charge on any atom is 0.262 e. The molecule has 0 spiro atoms. The fourth-order valence-corrected chi connectivity index (χ4v) is 3.71. The SMILES string of the molecule is O=[N+]1C(CBr)=C(CBr)N([O-])[C@H]2CCCC[C@H]21. The van der Waals surface area contributed by atoms with Gasteiger partial charge in [-0.1, -0.05) is 38.3 Å². The quantitative estimate of drug-likeness (QED) is 0.566. The van der Waals surface area contributed by atoms with Crippen molar-refractivity contribution in [3.63, 3.8) is 0 Å². The molecule has 90 valence electrons. The van der Waals surface area contributed by atoms with Crippen molar-refractivity contribution in [2.45, 2.75) is 37.8 Å². The van der Waals surface area contributed by atoms with Crippen molar-refractivity contribution in [3.8, 4) is 0 Å². The lowest BCUT2D eigenvalue weighted by atomic mass is 9.88. The number of rotatable bonds is 2. The van der Waals surface area contributed by atoms with Gasteiger partial charge in [-0.25, -0.2) is 0 Å². The summed E-state index contributed by atoms with van der Waals surface area (Å²) in [6.07, 6.45) is 3.76. The molecule has 0 amide bonds. The Morgan fingerprint density at radius 1 is 1.31 bits per heavy atom. The zero-order chi connectivity index (χ0) is 11.7. The van der Waals surface area contributed by atoms with Crippen LogP contribution in [-0.4, -0.2) is 32.6 Å². The fraction of sp³-hybridized carbons (Fsp3) is 0.800. The Kier molecular flexibility index (Phi) is 4.02. The summed E-state index contributed by atoms with van der Waals surface area (Å²) in [4.78, 5) is 12.1. The van der Waals surface area contributed by atoms with E-state index in [-0.39, 0.29) is 12.1 Å². The van der Waals surface area contributed by atoms with E-state index in [0.29, 0.717) is 22.1 Å². The minimum absolute atomic E-state index is 0.151. The highest BCUT2D eigenvalue weighted by Crippen LogP contribution is 2.34. The lowest BCUT2D eigenvalue weighted by molar-refractivity contribution is -0.556. The standard InChI is InChI=1S/C10H14Br2N2O2/c11-5-9-10(6-12)14(16)8-4-2-1-3-7(8)13(9)15/h7-8H,1-6H2/t7-,8+. The van der Waals surface area contributed by atoms with Gasteiger partial charge in [0.1, 0.15) is 0 Å². The van der Waals surface area contributed by atoms with E-state index in [9.17, 15) is 10.1 Å². The molecular weight excluding hydrogens is 340 g/mol. The summed E-state index contributed by atoms with van der Waals surface area (Å²) in [5.41, 5.74) is 1.16. The van der Waals surface area contributed by atoms with Gasteiger partial charge in [0.25, 0.3) is 5.70 Å². The summed E-state index contributed by atoms with van der Waals surface area (Å²) in [5.74, 6) is 0. The van der Waals surface area contributed by atoms with Crippen LogP contribution in [0.2, 0.25) is 0 Å². The molecule has 16 heavy (non-hydrogen) atoms. The lowest BCUT2D eigenvalue weighted by Crippen LogP contribution is -2.52. The van der Waals surface area contributed by atoms with Crippen molar-refractivity contribution >= 4 is 31.9 Å². The number of fused-ring (bicyclic) bond motifs is 1. The molecule has 2 rings (SSSR count). The first kappa shape index (κ1) is 12.5. The molecule has 1 saturated carbocycles. The molecule has 0 bridgehead atoms. The zero-order valence-electron chi connectivity index (χ0n) is 8.86. The van der Waals surface area contributed by atoms with Crippen LogP contribution in [0.25, 0.3) is 0 Å². The van der Waals surface area contributed by atoms with Crippen LogP contribution in [0.3, 0.4) is 0 Å². The molecule has 1 fully saturated rings. The van der Waals surface area contributed by atoms with E-state index in [2.05, 4.69) is 31.9 Å². The molecule has 0 aromatic rings. The molecule has 0 aromatic carbocycles. The smallest absolute Gasteiger partial charge is 0.262 e. The largest absolute Gasteiger partial charge is 0.758 e. The Hall–Kier alpha value is 0.0600. The van der Waals surface area contributed by atoms with Crippen molar-refractivity contribution in [1.29, 1.82) is 0 Å². The Balaban J connectivity index is 2.37. The van der Waals surface area contributed by atoms with Crippen LogP contribution < -0.4 is 0 Å². The van der Waals surface area contributed by atoms with E-state index < -0.39 is 0 Å². The predicted molar refractivity (Wildman–Crippen MR) is 69.5 cm³/mol. The number of alkyl halides is 2. The topological polar surface area (TPSA) is 46.4 Å². The van der Waals surface area contributed by atoms with Crippen LogP contribution in [0.4, 0.5) is 0 Å². The van der Waals surface area contributed by atoms with Crippen molar-refractivity contribution in [2.24, 2.45) is 0 Å². The first-order valence-corrected chi connectivity index (χ1v) is 7.71. The summed E-state index contributed by atoms with van der Waals surface area (Å²) in [5, 5.41) is 14.1. The number of allylic oxidation sites excluding steroid dienone is 2. The Bertz CT molecular complexity index is 333. The summed E-state index contributed by atoms with van der Waals surface area (Å²) in [7, 11) is 0. The van der Waals surface area contributed by atoms with Crippen LogP contribution in [0.1, 0.15) is 25.7 Å². The third-order valence-electron chi connectivity index (χ3n) is 3.41. The number of hydrogen-bond donors (Lipinski definition) is 0. The summed E-state index contributed by atoms with van der Waals surface area (Å²) < 4.78 is 1.06. The van der Waals surface area contributed by atoms with Crippen molar-refractivity contribution < 1.29 is 4.76 Å². The summed E-state index contributed by atoms with van der Waals surface area (Å²) in [6, 6.07) is -0.303. The molecule has 0 saturated heterocycles. The van der Waals surface area contributed by atoms with Crippen LogP contribution in [0.15, 0.2) is 11.4 Å². The van der Waals surface area contributed by atoms with E-state index in [1.807, 2.05) is 0 Å². The molecule has 1 aliphatic heterocycles. The fourth-order valence-electron chi connectivity index (χ4n) is 2.57.